The third-order valence-electron chi connectivity index (χ3n) is 0. The normalized spacial score (nSPS) is 8.57. The molecule has 7 heteroatoms. The molecule has 0 rings (SSSR count). The minimum absolute atomic E-state index is 0. The van der Waals surface area contributed by atoms with E-state index in [1.165, 1.54) is 0 Å². The second kappa shape index (κ2) is 5.62. The van der Waals surface area contributed by atoms with Crippen LogP contribution in [0.1, 0.15) is 0 Å². The molecule has 0 aliphatic heterocycles. The van der Waals surface area contributed by atoms with Crippen LogP contribution in [0.3, 0.4) is 0 Å². The molecule has 4 nitrogen and oxygen atoms in total. The van der Waals surface area contributed by atoms with Crippen molar-refractivity contribution >= 4 is 52.8 Å². The van der Waals surface area contributed by atoms with Crippen LogP contribution in [0.15, 0.2) is 0 Å². The standard InChI is InChI=1S/Bi.Ge.O4Si/c;;1-5(2,3)4/q+3;;-4. The van der Waals surface area contributed by atoms with Crippen LogP contribution in [0.4, 0.5) is 0 Å². The van der Waals surface area contributed by atoms with E-state index in [-0.39, 0.29) is 43.8 Å². The predicted octanol–water partition coefficient (Wildman–Crippen LogP) is -5.90. The maximum atomic E-state index is 8.58. The molecule has 0 bridgehead atoms. The molecule has 0 unspecified atom stereocenters. The van der Waals surface area contributed by atoms with Gasteiger partial charge in [-0.05, 0) is 0 Å². The number of hydrogen-bond acceptors (Lipinski definition) is 4. The first-order valence-electron chi connectivity index (χ1n) is 0.816. The Labute approximate surface area is 71.8 Å². The van der Waals surface area contributed by atoms with Crippen molar-refractivity contribution in [3.8, 4) is 0 Å². The van der Waals surface area contributed by atoms with Gasteiger partial charge in [0.15, 0.2) is 0 Å². The first kappa shape index (κ1) is 15.8. The zero-order valence-electron chi connectivity index (χ0n) is 3.08. The Morgan fingerprint density at radius 3 is 0.857 bits per heavy atom. The molecular weight excluding hydrogens is 374 g/mol. The Morgan fingerprint density at radius 1 is 0.857 bits per heavy atom. The van der Waals surface area contributed by atoms with Gasteiger partial charge in [0.05, 0.1) is 0 Å². The van der Waals surface area contributed by atoms with Crippen LogP contribution >= 0.6 is 0 Å². The maximum absolute atomic E-state index is 8.58. The summed E-state index contributed by atoms with van der Waals surface area (Å²) in [6.07, 6.45) is 0. The van der Waals surface area contributed by atoms with E-state index in [4.69, 9.17) is 19.2 Å². The van der Waals surface area contributed by atoms with Crippen molar-refractivity contribution in [3.05, 3.63) is 0 Å². The van der Waals surface area contributed by atoms with Crippen LogP contribution in [-0.2, 0) is 0 Å². The fraction of sp³-hybridized carbons (Fsp3) is 0. The second-order valence-electron chi connectivity index (χ2n) is 0.500. The van der Waals surface area contributed by atoms with E-state index in [0.717, 1.165) is 0 Å². The molecule has 0 aromatic carbocycles. The molecule has 0 aliphatic carbocycles. The van der Waals surface area contributed by atoms with Gasteiger partial charge in [0, 0.05) is 17.6 Å². The van der Waals surface area contributed by atoms with Gasteiger partial charge < -0.3 is 28.2 Å². The van der Waals surface area contributed by atoms with Crippen molar-refractivity contribution in [1.29, 1.82) is 0 Å². The van der Waals surface area contributed by atoms with Gasteiger partial charge in [0.1, 0.15) is 0 Å². The van der Waals surface area contributed by atoms with E-state index >= 15 is 0 Å². The van der Waals surface area contributed by atoms with E-state index in [0.29, 0.717) is 0 Å². The first-order valence-corrected chi connectivity index (χ1v) is 2.45. The molecular formula is BiGeO4Si-. The van der Waals surface area contributed by atoms with Crippen LogP contribution in [0, 0.1) is 0 Å². The Bertz CT molecular complexity index is 27.2. The Balaban J connectivity index is -0.0000000800. The SMILES string of the molecule is [Bi+3].[Ge].[O-][Si]([O-])([O-])[O-]. The summed E-state index contributed by atoms with van der Waals surface area (Å²) in [5.74, 6) is 0. The molecule has 0 spiro atoms. The summed E-state index contributed by atoms with van der Waals surface area (Å²) in [5, 5.41) is 0. The minimum atomic E-state index is -5.61. The molecule has 6 radical (unpaired) electrons. The van der Waals surface area contributed by atoms with Crippen molar-refractivity contribution in [3.63, 3.8) is 0 Å². The van der Waals surface area contributed by atoms with Crippen LogP contribution in [-0.4, -0.2) is 52.8 Å². The Hall–Kier alpha value is 1.48. The van der Waals surface area contributed by atoms with E-state index < -0.39 is 9.05 Å². The summed E-state index contributed by atoms with van der Waals surface area (Å²) in [5.41, 5.74) is 0. The van der Waals surface area contributed by atoms with Gasteiger partial charge in [-0.3, -0.25) is 0 Å². The minimum Gasteiger partial charge on any atom is -0.894 e. The zero-order chi connectivity index (χ0) is 4.50. The molecule has 0 N–H and O–H groups in total. The van der Waals surface area contributed by atoms with Crippen LogP contribution < -0.4 is 19.2 Å². The summed E-state index contributed by atoms with van der Waals surface area (Å²) in [4.78, 5) is 34.3. The van der Waals surface area contributed by atoms with E-state index in [1.54, 1.807) is 0 Å². The Kier molecular flexibility index (Phi) is 12.7. The molecule has 0 aromatic rings. The van der Waals surface area contributed by atoms with Crippen molar-refractivity contribution in [1.82, 2.24) is 0 Å². The second-order valence-corrected chi connectivity index (χ2v) is 1.50. The van der Waals surface area contributed by atoms with E-state index in [9.17, 15) is 0 Å². The smallest absolute Gasteiger partial charge is 0.894 e. The van der Waals surface area contributed by atoms with E-state index in [2.05, 4.69) is 0 Å². The first-order chi connectivity index (χ1) is 2.00. The van der Waals surface area contributed by atoms with Crippen molar-refractivity contribution in [2.75, 3.05) is 0 Å². The monoisotopic (exact) mass is 375 g/mol. The molecule has 0 fully saturated rings. The fourth-order valence-electron chi connectivity index (χ4n) is 0. The largest absolute Gasteiger partial charge is 3.00 e. The summed E-state index contributed by atoms with van der Waals surface area (Å²) in [6.45, 7) is 0. The zero-order valence-corrected chi connectivity index (χ0v) is 9.66. The summed E-state index contributed by atoms with van der Waals surface area (Å²) >= 11 is 0. The fourth-order valence-corrected chi connectivity index (χ4v) is 0. The molecule has 0 atom stereocenters. The van der Waals surface area contributed by atoms with Gasteiger partial charge in [-0.1, -0.05) is 0 Å². The molecule has 0 saturated carbocycles. The molecule has 0 amide bonds. The summed E-state index contributed by atoms with van der Waals surface area (Å²) < 4.78 is 0. The molecule has 7 heavy (non-hydrogen) atoms. The molecule has 38 valence electrons. The van der Waals surface area contributed by atoms with Gasteiger partial charge in [-0.15, -0.1) is 0 Å². The Morgan fingerprint density at radius 2 is 0.857 bits per heavy atom. The number of hydrogen-bond donors (Lipinski definition) is 0. The van der Waals surface area contributed by atoms with Crippen molar-refractivity contribution in [2.45, 2.75) is 0 Å². The van der Waals surface area contributed by atoms with Gasteiger partial charge in [-0.2, -0.15) is 0 Å². The summed E-state index contributed by atoms with van der Waals surface area (Å²) in [7, 11) is -5.61. The molecule has 0 aromatic heterocycles. The van der Waals surface area contributed by atoms with Gasteiger partial charge in [-0.25, -0.2) is 0 Å². The maximum Gasteiger partial charge on any atom is 3.00 e. The van der Waals surface area contributed by atoms with Crippen LogP contribution in [0.2, 0.25) is 0 Å². The van der Waals surface area contributed by atoms with E-state index in [1.807, 2.05) is 0 Å². The average molecular weight is 374 g/mol. The average Bonchev–Trinajstić information content (AvgIpc) is 0.722. The quantitative estimate of drug-likeness (QED) is 0.395. The predicted molar refractivity (Wildman–Crippen MR) is 17.3 cm³/mol. The van der Waals surface area contributed by atoms with Gasteiger partial charge in [0.25, 0.3) is 0 Å². The van der Waals surface area contributed by atoms with Gasteiger partial charge in [0.2, 0.25) is 0 Å². The molecule has 0 saturated heterocycles. The number of rotatable bonds is 0. The van der Waals surface area contributed by atoms with Crippen LogP contribution in [0.5, 0.6) is 0 Å². The molecule has 0 heterocycles. The summed E-state index contributed by atoms with van der Waals surface area (Å²) in [6, 6.07) is 0. The van der Waals surface area contributed by atoms with Gasteiger partial charge >= 0.3 is 26.2 Å². The third-order valence-corrected chi connectivity index (χ3v) is 0. The van der Waals surface area contributed by atoms with Crippen molar-refractivity contribution < 1.29 is 19.2 Å². The topological polar surface area (TPSA) is 92.2 Å². The van der Waals surface area contributed by atoms with Crippen LogP contribution in [0.25, 0.3) is 0 Å². The molecule has 0 aliphatic rings. The van der Waals surface area contributed by atoms with Crippen molar-refractivity contribution in [2.24, 2.45) is 0 Å². The third kappa shape index (κ3) is 102.